The summed E-state index contributed by atoms with van der Waals surface area (Å²) in [7, 11) is 1.78. The van der Waals surface area contributed by atoms with Crippen molar-refractivity contribution in [3.8, 4) is 0 Å². The summed E-state index contributed by atoms with van der Waals surface area (Å²) in [5.74, 6) is -0.0309. The summed E-state index contributed by atoms with van der Waals surface area (Å²) in [5, 5.41) is 3.87. The van der Waals surface area contributed by atoms with Gasteiger partial charge in [0.15, 0.2) is 0 Å². The van der Waals surface area contributed by atoms with Crippen LogP contribution in [0.2, 0.25) is 0 Å². The van der Waals surface area contributed by atoms with Crippen LogP contribution < -0.4 is 5.73 Å². The lowest BCUT2D eigenvalue weighted by molar-refractivity contribution is 0.0785. The van der Waals surface area contributed by atoms with E-state index in [0.717, 1.165) is 21.6 Å². The number of nitrogens with one attached hydrogen (secondary N) is 1. The summed E-state index contributed by atoms with van der Waals surface area (Å²) in [6.45, 7) is 2.46. The molecule has 0 saturated carbocycles. The molecule has 5 nitrogen and oxygen atoms in total. The van der Waals surface area contributed by atoms with E-state index in [2.05, 4.69) is 9.97 Å². The molecule has 2 heterocycles. The second-order valence-corrected chi connectivity index (χ2v) is 6.09. The lowest BCUT2D eigenvalue weighted by Crippen LogP contribution is -2.26. The van der Waals surface area contributed by atoms with E-state index in [1.165, 1.54) is 0 Å². The number of hydrogen-bond donors (Lipinski definition) is 2. The number of benzene rings is 1. The molecule has 0 fully saturated rings. The normalized spacial score (nSPS) is 11.0. The maximum Gasteiger partial charge on any atom is 0.256 e. The molecule has 3 rings (SSSR count). The second-order valence-electron chi connectivity index (χ2n) is 5.03. The molecule has 6 heteroatoms. The fraction of sp³-hybridized carbons (Fsp3) is 0.200. The first-order valence-corrected chi connectivity index (χ1v) is 7.45. The number of nitrogens with zero attached hydrogens (tertiary/aromatic N) is 2. The predicted molar refractivity (Wildman–Crippen MR) is 85.4 cm³/mol. The predicted octanol–water partition coefficient (Wildman–Crippen LogP) is 2.79. The number of nitrogen functional groups attached to an aromatic ring is 1. The van der Waals surface area contributed by atoms with Gasteiger partial charge in [-0.3, -0.25) is 4.79 Å². The van der Waals surface area contributed by atoms with Crippen LogP contribution in [0.5, 0.6) is 0 Å². The number of fused-ring (bicyclic) bond motifs is 1. The Morgan fingerprint density at radius 1 is 1.48 bits per heavy atom. The monoisotopic (exact) mass is 300 g/mol. The quantitative estimate of drug-likeness (QED) is 0.730. The number of thiazole rings is 1. The number of H-pyrrole nitrogens is 1. The molecule has 2 aromatic heterocycles. The van der Waals surface area contributed by atoms with Gasteiger partial charge >= 0.3 is 0 Å². The minimum Gasteiger partial charge on any atom is -0.399 e. The lowest BCUT2D eigenvalue weighted by atomic mass is 10.1. The minimum absolute atomic E-state index is 0.0309. The molecule has 0 bridgehead atoms. The minimum atomic E-state index is -0.0309. The maximum absolute atomic E-state index is 12.6. The molecule has 0 saturated heterocycles. The average molecular weight is 300 g/mol. The molecule has 1 aromatic carbocycles. The van der Waals surface area contributed by atoms with Crippen molar-refractivity contribution >= 4 is 33.8 Å². The van der Waals surface area contributed by atoms with E-state index in [9.17, 15) is 4.79 Å². The van der Waals surface area contributed by atoms with E-state index >= 15 is 0 Å². The highest BCUT2D eigenvalue weighted by Crippen LogP contribution is 2.22. The molecule has 3 aromatic rings. The van der Waals surface area contributed by atoms with Crippen LogP contribution in [-0.2, 0) is 6.54 Å². The van der Waals surface area contributed by atoms with Gasteiger partial charge in [0.2, 0.25) is 0 Å². The third-order valence-electron chi connectivity index (χ3n) is 3.35. The Morgan fingerprint density at radius 2 is 2.29 bits per heavy atom. The van der Waals surface area contributed by atoms with Gasteiger partial charge in [-0.25, -0.2) is 4.98 Å². The molecule has 0 spiro atoms. The molecule has 108 valence electrons. The molecule has 0 unspecified atom stereocenters. The largest absolute Gasteiger partial charge is 0.399 e. The van der Waals surface area contributed by atoms with Crippen molar-refractivity contribution in [1.82, 2.24) is 14.9 Å². The highest BCUT2D eigenvalue weighted by Gasteiger charge is 2.17. The van der Waals surface area contributed by atoms with Gasteiger partial charge in [-0.05, 0) is 25.1 Å². The molecule has 3 N–H and O–H groups in total. The Bertz CT molecular complexity index is 805. The lowest BCUT2D eigenvalue weighted by Gasteiger charge is -2.15. The Kier molecular flexibility index (Phi) is 3.39. The summed E-state index contributed by atoms with van der Waals surface area (Å²) in [6.07, 6.45) is 1.73. The Balaban J connectivity index is 1.86. The van der Waals surface area contributed by atoms with Gasteiger partial charge in [-0.2, -0.15) is 0 Å². The number of aryl methyl sites for hydroxylation is 1. The van der Waals surface area contributed by atoms with E-state index in [4.69, 9.17) is 5.73 Å². The van der Waals surface area contributed by atoms with Crippen LogP contribution in [0.3, 0.4) is 0 Å². The summed E-state index contributed by atoms with van der Waals surface area (Å²) < 4.78 is 0. The summed E-state index contributed by atoms with van der Waals surface area (Å²) in [6, 6.07) is 5.50. The van der Waals surface area contributed by atoms with Crippen molar-refractivity contribution < 1.29 is 4.79 Å². The van der Waals surface area contributed by atoms with Crippen LogP contribution >= 0.6 is 11.3 Å². The fourth-order valence-corrected chi connectivity index (χ4v) is 2.93. The summed E-state index contributed by atoms with van der Waals surface area (Å²) in [4.78, 5) is 21.7. The van der Waals surface area contributed by atoms with E-state index < -0.39 is 0 Å². The van der Waals surface area contributed by atoms with Gasteiger partial charge in [-0.15, -0.1) is 11.3 Å². The van der Waals surface area contributed by atoms with Crippen molar-refractivity contribution in [2.75, 3.05) is 12.8 Å². The van der Waals surface area contributed by atoms with Crippen molar-refractivity contribution in [1.29, 1.82) is 0 Å². The molecule has 0 aliphatic carbocycles. The van der Waals surface area contributed by atoms with Crippen molar-refractivity contribution in [2.45, 2.75) is 13.5 Å². The second kappa shape index (κ2) is 5.21. The first-order valence-electron chi connectivity index (χ1n) is 6.57. The third kappa shape index (κ3) is 2.62. The Morgan fingerprint density at radius 3 is 3.00 bits per heavy atom. The zero-order chi connectivity index (χ0) is 15.0. The Labute approximate surface area is 126 Å². The third-order valence-corrected chi connectivity index (χ3v) is 4.17. The van der Waals surface area contributed by atoms with Crippen LogP contribution in [0.4, 0.5) is 5.69 Å². The summed E-state index contributed by atoms with van der Waals surface area (Å²) >= 11 is 1.59. The van der Waals surface area contributed by atoms with Gasteiger partial charge in [0.1, 0.15) is 0 Å². The molecule has 1 amide bonds. The fourth-order valence-electron chi connectivity index (χ4n) is 2.32. The number of anilines is 1. The molecule has 0 atom stereocenters. The van der Waals surface area contributed by atoms with Gasteiger partial charge in [0.25, 0.3) is 5.91 Å². The van der Waals surface area contributed by atoms with Crippen LogP contribution in [0, 0.1) is 6.92 Å². The molecular weight excluding hydrogens is 284 g/mol. The van der Waals surface area contributed by atoms with E-state index in [1.54, 1.807) is 35.5 Å². The number of carbonyl (C=O) groups is 1. The van der Waals surface area contributed by atoms with Gasteiger partial charge in [0, 0.05) is 35.2 Å². The summed E-state index contributed by atoms with van der Waals surface area (Å²) in [5.41, 5.74) is 8.86. The van der Waals surface area contributed by atoms with Crippen molar-refractivity contribution in [3.05, 3.63) is 46.0 Å². The molecular formula is C15H16N4OS. The highest BCUT2D eigenvalue weighted by atomic mass is 32.1. The molecule has 21 heavy (non-hydrogen) atoms. The number of aromatic amines is 1. The number of nitrogens with two attached hydrogens (primary N) is 1. The van der Waals surface area contributed by atoms with Crippen LogP contribution in [-0.4, -0.2) is 27.8 Å². The zero-order valence-electron chi connectivity index (χ0n) is 11.9. The number of amides is 1. The van der Waals surface area contributed by atoms with Crippen molar-refractivity contribution in [2.24, 2.45) is 0 Å². The first-order chi connectivity index (χ1) is 10.0. The van der Waals surface area contributed by atoms with Crippen LogP contribution in [0.25, 0.3) is 10.9 Å². The molecule has 0 aliphatic rings. The van der Waals surface area contributed by atoms with Crippen LogP contribution in [0.15, 0.2) is 29.8 Å². The van der Waals surface area contributed by atoms with E-state index in [1.807, 2.05) is 24.4 Å². The number of hydrogen-bond acceptors (Lipinski definition) is 4. The maximum atomic E-state index is 12.6. The number of aromatic nitrogens is 2. The average Bonchev–Trinajstić information content (AvgIpc) is 3.03. The smallest absolute Gasteiger partial charge is 0.256 e. The standard InChI is InChI=1S/C15H16N4OS/c1-9-18-11(8-21-9)7-19(2)15(20)13-6-17-14-5-10(16)3-4-12(13)14/h3-6,8,17H,7,16H2,1-2H3. The molecule has 0 aliphatic heterocycles. The number of carbonyl (C=O) groups excluding carboxylic acids is 1. The number of rotatable bonds is 3. The topological polar surface area (TPSA) is 75.0 Å². The Hall–Kier alpha value is -2.34. The van der Waals surface area contributed by atoms with Gasteiger partial charge in [0.05, 0.1) is 22.8 Å². The van der Waals surface area contributed by atoms with Crippen molar-refractivity contribution in [3.63, 3.8) is 0 Å². The van der Waals surface area contributed by atoms with E-state index in [0.29, 0.717) is 17.8 Å². The van der Waals surface area contributed by atoms with Gasteiger partial charge < -0.3 is 15.6 Å². The van der Waals surface area contributed by atoms with Crippen LogP contribution in [0.1, 0.15) is 21.1 Å². The van der Waals surface area contributed by atoms with Gasteiger partial charge in [-0.1, -0.05) is 0 Å². The highest BCUT2D eigenvalue weighted by molar-refractivity contribution is 7.09. The SMILES string of the molecule is Cc1nc(CN(C)C(=O)c2c[nH]c3cc(N)ccc23)cs1. The van der Waals surface area contributed by atoms with E-state index in [-0.39, 0.29) is 5.91 Å². The zero-order valence-corrected chi connectivity index (χ0v) is 12.7. The first kappa shape index (κ1) is 13.6. The molecule has 0 radical (unpaired) electrons.